The first-order valence-electron chi connectivity index (χ1n) is 12.4. The second kappa shape index (κ2) is 6.25. The molecule has 0 heterocycles. The monoisotopic (exact) mass is 405 g/mol. The Morgan fingerprint density at radius 1 is 0.484 bits per heavy atom. The molecule has 1 heteroatoms. The molecule has 0 saturated heterocycles. The van der Waals surface area contributed by atoms with E-state index in [1.54, 1.807) is 16.7 Å². The van der Waals surface area contributed by atoms with Crippen LogP contribution in [-0.2, 0) is 10.8 Å². The molecular weight excluding hydrogens is 374 g/mol. The van der Waals surface area contributed by atoms with Gasteiger partial charge in [0.2, 0.25) is 0 Å². The van der Waals surface area contributed by atoms with Crippen molar-refractivity contribution in [3.63, 3.8) is 0 Å². The molecule has 2 spiro atoms. The van der Waals surface area contributed by atoms with Crippen molar-refractivity contribution in [3.05, 3.63) is 76.9 Å². The number of benzene rings is 3. The standard InChI is InChI=1S/C30H31N/c31-20-11-12-22-24-19-27-23(18-28(24)30(26(22)17-20)15-7-2-8-16-30)21-9-3-4-10-25(21)29(27)13-5-1-6-14-29/h3-4,9-12,17-19H,1-2,5-8,13-16,31H2. The van der Waals surface area contributed by atoms with Crippen LogP contribution >= 0.6 is 0 Å². The number of fused-ring (bicyclic) bond motifs is 10. The molecule has 0 unspecified atom stereocenters. The van der Waals surface area contributed by atoms with Crippen LogP contribution in [0.5, 0.6) is 0 Å². The molecule has 31 heavy (non-hydrogen) atoms. The van der Waals surface area contributed by atoms with Gasteiger partial charge in [-0.05, 0) is 94.5 Å². The molecule has 3 aromatic rings. The van der Waals surface area contributed by atoms with E-state index < -0.39 is 0 Å². The fourth-order valence-electron chi connectivity index (χ4n) is 7.84. The summed E-state index contributed by atoms with van der Waals surface area (Å²) in [5.74, 6) is 0. The average molecular weight is 406 g/mol. The molecule has 0 radical (unpaired) electrons. The van der Waals surface area contributed by atoms with Gasteiger partial charge in [-0.15, -0.1) is 0 Å². The van der Waals surface area contributed by atoms with Crippen molar-refractivity contribution in [2.75, 3.05) is 5.73 Å². The second-order valence-electron chi connectivity index (χ2n) is 10.6. The summed E-state index contributed by atoms with van der Waals surface area (Å²) in [7, 11) is 0. The Labute approximate surface area is 185 Å². The summed E-state index contributed by atoms with van der Waals surface area (Å²) in [6.07, 6.45) is 13.2. The van der Waals surface area contributed by atoms with Crippen molar-refractivity contribution in [1.29, 1.82) is 0 Å². The zero-order chi connectivity index (χ0) is 20.6. The first-order valence-corrected chi connectivity index (χ1v) is 12.4. The van der Waals surface area contributed by atoms with Gasteiger partial charge in [0.1, 0.15) is 0 Å². The van der Waals surface area contributed by atoms with E-state index in [1.165, 1.54) is 92.0 Å². The summed E-state index contributed by atoms with van der Waals surface area (Å²) < 4.78 is 0. The highest BCUT2D eigenvalue weighted by atomic mass is 14.6. The van der Waals surface area contributed by atoms with Crippen LogP contribution in [0.3, 0.4) is 0 Å². The summed E-state index contributed by atoms with van der Waals surface area (Å²) >= 11 is 0. The largest absolute Gasteiger partial charge is 0.399 e. The molecule has 2 fully saturated rings. The molecule has 0 atom stereocenters. The van der Waals surface area contributed by atoms with Crippen molar-refractivity contribution >= 4 is 5.69 Å². The van der Waals surface area contributed by atoms with E-state index in [2.05, 4.69) is 54.6 Å². The van der Waals surface area contributed by atoms with Crippen molar-refractivity contribution < 1.29 is 0 Å². The van der Waals surface area contributed by atoms with Gasteiger partial charge in [-0.1, -0.05) is 68.9 Å². The Bertz CT molecular complexity index is 1210. The van der Waals surface area contributed by atoms with Crippen LogP contribution in [0.1, 0.15) is 86.5 Å². The minimum absolute atomic E-state index is 0.171. The van der Waals surface area contributed by atoms with E-state index in [-0.39, 0.29) is 10.8 Å². The van der Waals surface area contributed by atoms with Gasteiger partial charge in [0.15, 0.2) is 0 Å². The first-order chi connectivity index (χ1) is 15.2. The number of rotatable bonds is 0. The lowest BCUT2D eigenvalue weighted by molar-refractivity contribution is 0.350. The zero-order valence-corrected chi connectivity index (χ0v) is 18.3. The van der Waals surface area contributed by atoms with Crippen LogP contribution in [0.2, 0.25) is 0 Å². The van der Waals surface area contributed by atoms with E-state index in [4.69, 9.17) is 5.73 Å². The van der Waals surface area contributed by atoms with Crippen LogP contribution in [0.15, 0.2) is 54.6 Å². The third kappa shape index (κ3) is 2.22. The summed E-state index contributed by atoms with van der Waals surface area (Å²) in [5.41, 5.74) is 20.0. The molecule has 0 aliphatic heterocycles. The number of nitrogens with two attached hydrogens (primary N) is 1. The number of anilines is 1. The molecule has 4 aliphatic rings. The second-order valence-corrected chi connectivity index (χ2v) is 10.6. The molecule has 7 rings (SSSR count). The predicted molar refractivity (Wildman–Crippen MR) is 129 cm³/mol. The van der Waals surface area contributed by atoms with Gasteiger partial charge in [0.25, 0.3) is 0 Å². The lowest BCUT2D eigenvalue weighted by atomic mass is 9.66. The Morgan fingerprint density at radius 3 is 1.65 bits per heavy atom. The third-order valence-electron chi connectivity index (χ3n) is 9.19. The Hall–Kier alpha value is -2.54. The van der Waals surface area contributed by atoms with E-state index in [0.29, 0.717) is 0 Å². The molecule has 156 valence electrons. The Morgan fingerprint density at radius 2 is 1.00 bits per heavy atom. The topological polar surface area (TPSA) is 26.0 Å². The summed E-state index contributed by atoms with van der Waals surface area (Å²) in [4.78, 5) is 0. The van der Waals surface area contributed by atoms with Gasteiger partial charge in [-0.25, -0.2) is 0 Å². The molecule has 0 aromatic heterocycles. The molecule has 0 bridgehead atoms. The van der Waals surface area contributed by atoms with Gasteiger partial charge in [-0.3, -0.25) is 0 Å². The normalized spacial score (nSPS) is 21.5. The van der Waals surface area contributed by atoms with Gasteiger partial charge < -0.3 is 5.73 Å². The van der Waals surface area contributed by atoms with Crippen LogP contribution in [0, 0.1) is 0 Å². The van der Waals surface area contributed by atoms with Crippen molar-refractivity contribution in [2.45, 2.75) is 75.0 Å². The quantitative estimate of drug-likeness (QED) is 0.380. The lowest BCUT2D eigenvalue weighted by Crippen LogP contribution is -2.29. The molecule has 4 aliphatic carbocycles. The average Bonchev–Trinajstić information content (AvgIpc) is 3.22. The Kier molecular flexibility index (Phi) is 3.64. The van der Waals surface area contributed by atoms with E-state index in [0.717, 1.165) is 5.69 Å². The highest BCUT2D eigenvalue weighted by Crippen LogP contribution is 2.62. The molecular formula is C30H31N. The molecule has 3 aromatic carbocycles. The van der Waals surface area contributed by atoms with Crippen molar-refractivity contribution in [3.8, 4) is 22.3 Å². The molecule has 2 N–H and O–H groups in total. The fourth-order valence-corrected chi connectivity index (χ4v) is 7.84. The van der Waals surface area contributed by atoms with E-state index in [1.807, 2.05) is 0 Å². The van der Waals surface area contributed by atoms with Crippen LogP contribution < -0.4 is 5.73 Å². The van der Waals surface area contributed by atoms with E-state index in [9.17, 15) is 0 Å². The minimum atomic E-state index is 0.171. The van der Waals surface area contributed by atoms with E-state index >= 15 is 0 Å². The van der Waals surface area contributed by atoms with Crippen molar-refractivity contribution in [2.24, 2.45) is 0 Å². The lowest BCUT2D eigenvalue weighted by Gasteiger charge is -2.37. The number of hydrogen-bond donors (Lipinski definition) is 1. The first kappa shape index (κ1) is 18.1. The van der Waals surface area contributed by atoms with Crippen LogP contribution in [0.4, 0.5) is 5.69 Å². The predicted octanol–water partition coefficient (Wildman–Crippen LogP) is 7.73. The third-order valence-corrected chi connectivity index (χ3v) is 9.19. The molecule has 2 saturated carbocycles. The maximum absolute atomic E-state index is 6.33. The maximum atomic E-state index is 6.33. The summed E-state index contributed by atoms with van der Waals surface area (Å²) in [5, 5.41) is 0. The number of nitrogen functional groups attached to an aromatic ring is 1. The van der Waals surface area contributed by atoms with Crippen LogP contribution in [0.25, 0.3) is 22.3 Å². The maximum Gasteiger partial charge on any atom is 0.0317 e. The fraction of sp³-hybridized carbons (Fsp3) is 0.400. The zero-order valence-electron chi connectivity index (χ0n) is 18.3. The van der Waals surface area contributed by atoms with Gasteiger partial charge in [-0.2, -0.15) is 0 Å². The Balaban J connectivity index is 1.54. The SMILES string of the molecule is Nc1ccc2c(c1)C1(CCCCC1)c1cc3c(cc1-2)C1(CCCCC1)c1ccccc1-3. The minimum Gasteiger partial charge on any atom is -0.399 e. The summed E-state index contributed by atoms with van der Waals surface area (Å²) in [6, 6.07) is 21.3. The molecule has 0 amide bonds. The summed E-state index contributed by atoms with van der Waals surface area (Å²) in [6.45, 7) is 0. The highest BCUT2D eigenvalue weighted by molar-refractivity contribution is 5.90. The van der Waals surface area contributed by atoms with Crippen molar-refractivity contribution in [1.82, 2.24) is 0 Å². The molecule has 1 nitrogen and oxygen atoms in total. The number of hydrogen-bond acceptors (Lipinski definition) is 1. The highest BCUT2D eigenvalue weighted by Gasteiger charge is 2.48. The smallest absolute Gasteiger partial charge is 0.0317 e. The van der Waals surface area contributed by atoms with Gasteiger partial charge in [0, 0.05) is 16.5 Å². The van der Waals surface area contributed by atoms with Gasteiger partial charge in [0.05, 0.1) is 0 Å². The van der Waals surface area contributed by atoms with Gasteiger partial charge >= 0.3 is 0 Å². The van der Waals surface area contributed by atoms with Crippen LogP contribution in [-0.4, -0.2) is 0 Å².